The van der Waals surface area contributed by atoms with Gasteiger partial charge in [0.2, 0.25) is 0 Å². The molecule has 2 aromatic rings. The van der Waals surface area contributed by atoms with Crippen LogP contribution in [-0.4, -0.2) is 48.3 Å². The summed E-state index contributed by atoms with van der Waals surface area (Å²) in [7, 11) is 0. The fourth-order valence-corrected chi connectivity index (χ4v) is 3.36. The van der Waals surface area contributed by atoms with Crippen molar-refractivity contribution in [2.24, 2.45) is 0 Å². The van der Waals surface area contributed by atoms with Crippen LogP contribution >= 0.6 is 0 Å². The summed E-state index contributed by atoms with van der Waals surface area (Å²) in [5, 5.41) is 11.6. The second-order valence-corrected chi connectivity index (χ2v) is 9.01. The first-order chi connectivity index (χ1) is 16.1. The van der Waals surface area contributed by atoms with E-state index in [-0.39, 0.29) is 24.7 Å². The van der Waals surface area contributed by atoms with E-state index in [2.05, 4.69) is 5.32 Å². The second kappa shape index (κ2) is 10.8. The minimum Gasteiger partial charge on any atom is -0.490 e. The van der Waals surface area contributed by atoms with Crippen LogP contribution in [0.3, 0.4) is 0 Å². The minimum atomic E-state index is -0.509. The van der Waals surface area contributed by atoms with Crippen molar-refractivity contribution in [2.75, 3.05) is 30.7 Å². The molecule has 3 N–H and O–H groups in total. The lowest BCUT2D eigenvalue weighted by molar-refractivity contribution is -0.118. The molecule has 0 saturated carbocycles. The number of likely N-dealkylation sites (tertiary alicyclic amines) is 1. The van der Waals surface area contributed by atoms with E-state index in [4.69, 9.17) is 25.2 Å². The average molecular weight is 467 g/mol. The Morgan fingerprint density at radius 3 is 2.38 bits per heavy atom. The van der Waals surface area contributed by atoms with E-state index in [0.717, 1.165) is 0 Å². The molecular weight excluding hydrogens is 436 g/mol. The predicted octanol–water partition coefficient (Wildman–Crippen LogP) is 3.94. The summed E-state index contributed by atoms with van der Waals surface area (Å²) in [5.74, 6) is 0.813. The van der Waals surface area contributed by atoms with E-state index >= 15 is 0 Å². The number of anilines is 2. The maximum atomic E-state index is 12.2. The van der Waals surface area contributed by atoms with E-state index < -0.39 is 5.60 Å². The maximum absolute atomic E-state index is 12.2. The number of piperidine rings is 1. The van der Waals surface area contributed by atoms with Gasteiger partial charge >= 0.3 is 6.09 Å². The highest BCUT2D eigenvalue weighted by atomic mass is 16.6. The minimum absolute atomic E-state index is 0.00543. The van der Waals surface area contributed by atoms with Crippen molar-refractivity contribution in [3.8, 4) is 17.6 Å². The van der Waals surface area contributed by atoms with Gasteiger partial charge in [-0.25, -0.2) is 4.79 Å². The predicted molar refractivity (Wildman–Crippen MR) is 128 cm³/mol. The van der Waals surface area contributed by atoms with Crippen LogP contribution in [0.1, 0.15) is 39.2 Å². The van der Waals surface area contributed by atoms with Gasteiger partial charge in [-0.05, 0) is 63.2 Å². The number of nitrogen functional groups attached to an aromatic ring is 1. The highest BCUT2D eigenvalue weighted by molar-refractivity contribution is 5.95. The smallest absolute Gasteiger partial charge is 0.410 e. The van der Waals surface area contributed by atoms with Gasteiger partial charge in [-0.2, -0.15) is 5.26 Å². The molecule has 3 rings (SSSR count). The summed E-state index contributed by atoms with van der Waals surface area (Å²) < 4.78 is 17.0. The number of hydrogen-bond donors (Lipinski definition) is 2. The monoisotopic (exact) mass is 466 g/mol. The standard InChI is InChI=1S/C25H30N4O5/c1-25(2,3)34-24(31)29-12-10-20(11-13-29)33-19-7-5-18(6-8-19)32-16-23(30)28-22-14-17(15-26)4-9-21(22)27/h4-9,14,20H,10-13,16,27H2,1-3H3,(H,28,30). The Morgan fingerprint density at radius 2 is 1.76 bits per heavy atom. The van der Waals surface area contributed by atoms with E-state index in [1.165, 1.54) is 6.07 Å². The fourth-order valence-electron chi connectivity index (χ4n) is 3.36. The molecule has 1 fully saturated rings. The summed E-state index contributed by atoms with van der Waals surface area (Å²) in [4.78, 5) is 26.1. The third-order valence-corrected chi connectivity index (χ3v) is 5.05. The van der Waals surface area contributed by atoms with Crippen LogP contribution in [0, 0.1) is 11.3 Å². The summed E-state index contributed by atoms with van der Waals surface area (Å²) >= 11 is 0. The molecule has 0 unspecified atom stereocenters. The van der Waals surface area contributed by atoms with Crippen molar-refractivity contribution in [1.29, 1.82) is 5.26 Å². The Bertz CT molecular complexity index is 1050. The van der Waals surface area contributed by atoms with Crippen molar-refractivity contribution >= 4 is 23.4 Å². The molecule has 2 aromatic carbocycles. The Balaban J connectivity index is 1.43. The molecule has 0 aliphatic carbocycles. The Morgan fingerprint density at radius 1 is 1.12 bits per heavy atom. The lowest BCUT2D eigenvalue weighted by Crippen LogP contribution is -2.44. The number of nitrogens with two attached hydrogens (primary N) is 1. The molecule has 0 atom stereocenters. The topological polar surface area (TPSA) is 127 Å². The van der Waals surface area contributed by atoms with Crippen LogP contribution in [0.4, 0.5) is 16.2 Å². The number of carbonyl (C=O) groups excluding carboxylic acids is 2. The van der Waals surface area contributed by atoms with Gasteiger partial charge in [0, 0.05) is 25.9 Å². The van der Waals surface area contributed by atoms with Gasteiger partial charge < -0.3 is 30.2 Å². The van der Waals surface area contributed by atoms with Crippen LogP contribution < -0.4 is 20.5 Å². The molecule has 1 aliphatic heterocycles. The number of rotatable bonds is 6. The zero-order valence-corrected chi connectivity index (χ0v) is 19.7. The molecule has 180 valence electrons. The molecule has 2 amide bonds. The van der Waals surface area contributed by atoms with Crippen molar-refractivity contribution in [3.05, 3.63) is 48.0 Å². The van der Waals surface area contributed by atoms with Crippen LogP contribution in [0.25, 0.3) is 0 Å². The van der Waals surface area contributed by atoms with Crippen molar-refractivity contribution in [3.63, 3.8) is 0 Å². The molecule has 0 bridgehead atoms. The summed E-state index contributed by atoms with van der Waals surface area (Å²) in [6.45, 7) is 6.51. The number of nitrogens with zero attached hydrogens (tertiary/aromatic N) is 2. The van der Waals surface area contributed by atoms with Crippen LogP contribution in [0.5, 0.6) is 11.5 Å². The number of carbonyl (C=O) groups is 2. The number of amides is 2. The van der Waals surface area contributed by atoms with E-state index in [1.54, 1.807) is 41.3 Å². The van der Waals surface area contributed by atoms with Gasteiger partial charge in [0.05, 0.1) is 23.0 Å². The van der Waals surface area contributed by atoms with Crippen molar-refractivity contribution in [1.82, 2.24) is 4.90 Å². The molecule has 34 heavy (non-hydrogen) atoms. The fraction of sp³-hybridized carbons (Fsp3) is 0.400. The van der Waals surface area contributed by atoms with Gasteiger partial charge in [0.1, 0.15) is 23.2 Å². The molecule has 9 heteroatoms. The summed E-state index contributed by atoms with van der Waals surface area (Å²) in [6.07, 6.45) is 1.14. The maximum Gasteiger partial charge on any atom is 0.410 e. The largest absolute Gasteiger partial charge is 0.490 e. The molecule has 1 saturated heterocycles. The summed E-state index contributed by atoms with van der Waals surface area (Å²) in [6, 6.07) is 13.7. The van der Waals surface area contributed by atoms with Gasteiger partial charge in [-0.3, -0.25) is 4.79 Å². The zero-order chi connectivity index (χ0) is 24.7. The third kappa shape index (κ3) is 7.30. The quantitative estimate of drug-likeness (QED) is 0.617. The van der Waals surface area contributed by atoms with E-state index in [0.29, 0.717) is 54.4 Å². The highest BCUT2D eigenvalue weighted by Crippen LogP contribution is 2.23. The molecule has 1 heterocycles. The second-order valence-electron chi connectivity index (χ2n) is 9.01. The number of nitriles is 1. The van der Waals surface area contributed by atoms with E-state index in [1.807, 2.05) is 26.8 Å². The SMILES string of the molecule is CC(C)(C)OC(=O)N1CCC(Oc2ccc(OCC(=O)Nc3cc(C#N)ccc3N)cc2)CC1. The van der Waals surface area contributed by atoms with Gasteiger partial charge in [-0.15, -0.1) is 0 Å². The third-order valence-electron chi connectivity index (χ3n) is 5.05. The first kappa shape index (κ1) is 24.7. The Kier molecular flexibility index (Phi) is 7.84. The molecule has 0 aromatic heterocycles. The van der Waals surface area contributed by atoms with Crippen LogP contribution in [0.2, 0.25) is 0 Å². The Hall–Kier alpha value is -3.93. The number of hydrogen-bond acceptors (Lipinski definition) is 7. The lowest BCUT2D eigenvalue weighted by Gasteiger charge is -2.33. The van der Waals surface area contributed by atoms with Gasteiger partial charge in [0.15, 0.2) is 6.61 Å². The highest BCUT2D eigenvalue weighted by Gasteiger charge is 2.27. The normalized spacial score (nSPS) is 14.1. The molecule has 9 nitrogen and oxygen atoms in total. The van der Waals surface area contributed by atoms with Gasteiger partial charge in [0.25, 0.3) is 5.91 Å². The van der Waals surface area contributed by atoms with Crippen molar-refractivity contribution < 1.29 is 23.8 Å². The van der Waals surface area contributed by atoms with Crippen molar-refractivity contribution in [2.45, 2.75) is 45.3 Å². The number of benzene rings is 2. The molecule has 0 radical (unpaired) electrons. The first-order valence-electron chi connectivity index (χ1n) is 11.1. The zero-order valence-electron chi connectivity index (χ0n) is 19.7. The lowest BCUT2D eigenvalue weighted by atomic mass is 10.1. The van der Waals surface area contributed by atoms with E-state index in [9.17, 15) is 9.59 Å². The number of ether oxygens (including phenoxy) is 3. The van der Waals surface area contributed by atoms with Crippen LogP contribution in [0.15, 0.2) is 42.5 Å². The molecular formula is C25H30N4O5. The molecule has 1 aliphatic rings. The number of nitrogens with one attached hydrogen (secondary N) is 1. The van der Waals surface area contributed by atoms with Crippen LogP contribution in [-0.2, 0) is 9.53 Å². The summed E-state index contributed by atoms with van der Waals surface area (Å²) in [5.41, 5.74) is 6.46. The van der Waals surface area contributed by atoms with Gasteiger partial charge in [-0.1, -0.05) is 0 Å². The Labute approximate surface area is 199 Å². The first-order valence-corrected chi connectivity index (χ1v) is 11.1. The average Bonchev–Trinajstić information content (AvgIpc) is 2.79. The molecule has 0 spiro atoms.